The summed E-state index contributed by atoms with van der Waals surface area (Å²) < 4.78 is 22.1. The summed E-state index contributed by atoms with van der Waals surface area (Å²) in [7, 11) is -3.01. The molecule has 6 heteroatoms. The average molecular weight is 248 g/mol. The Morgan fingerprint density at radius 1 is 1.60 bits per heavy atom. The van der Waals surface area contributed by atoms with Crippen molar-refractivity contribution in [3.05, 3.63) is 16.1 Å². The van der Waals surface area contributed by atoms with Crippen molar-refractivity contribution in [1.29, 1.82) is 0 Å². The van der Waals surface area contributed by atoms with Gasteiger partial charge < -0.3 is 5.73 Å². The van der Waals surface area contributed by atoms with Crippen molar-refractivity contribution in [1.82, 2.24) is 4.98 Å². The number of aromatic nitrogens is 1. The second-order valence-electron chi connectivity index (χ2n) is 3.97. The zero-order chi connectivity index (χ0) is 11.7. The standard InChI is InChI=1S/C9H16N2O2S2/c1-4-9(2,10)7-5-14-8(11-7)6-15(3,12)13/h5H,4,6,10H2,1-3H3. The summed E-state index contributed by atoms with van der Waals surface area (Å²) >= 11 is 1.35. The van der Waals surface area contributed by atoms with Crippen LogP contribution in [-0.4, -0.2) is 19.7 Å². The number of hydrogen-bond acceptors (Lipinski definition) is 5. The van der Waals surface area contributed by atoms with E-state index < -0.39 is 15.4 Å². The Kier molecular flexibility index (Phi) is 3.52. The van der Waals surface area contributed by atoms with Crippen LogP contribution < -0.4 is 5.73 Å². The van der Waals surface area contributed by atoms with Crippen LogP contribution in [0.1, 0.15) is 31.0 Å². The van der Waals surface area contributed by atoms with Gasteiger partial charge in [0.1, 0.15) is 10.8 Å². The summed E-state index contributed by atoms with van der Waals surface area (Å²) in [5, 5.41) is 2.45. The van der Waals surface area contributed by atoms with Gasteiger partial charge in [-0.15, -0.1) is 11.3 Å². The second-order valence-corrected chi connectivity index (χ2v) is 7.05. The first-order valence-corrected chi connectivity index (χ1v) is 7.60. The van der Waals surface area contributed by atoms with Gasteiger partial charge in [0.05, 0.1) is 11.2 Å². The molecule has 0 bridgehead atoms. The Morgan fingerprint density at radius 2 is 2.20 bits per heavy atom. The molecule has 0 aromatic carbocycles. The first-order chi connectivity index (χ1) is 6.74. The molecule has 0 amide bonds. The van der Waals surface area contributed by atoms with Crippen molar-refractivity contribution in [2.75, 3.05) is 6.26 Å². The number of rotatable bonds is 4. The highest BCUT2D eigenvalue weighted by molar-refractivity contribution is 7.90. The fourth-order valence-corrected chi connectivity index (χ4v) is 3.19. The molecule has 0 saturated heterocycles. The van der Waals surface area contributed by atoms with Crippen molar-refractivity contribution in [3.8, 4) is 0 Å². The third kappa shape index (κ3) is 3.55. The molecule has 1 aromatic heterocycles. The molecule has 1 unspecified atom stereocenters. The molecule has 4 nitrogen and oxygen atoms in total. The maximum absolute atomic E-state index is 11.1. The highest BCUT2D eigenvalue weighted by atomic mass is 32.2. The number of hydrogen-bond donors (Lipinski definition) is 1. The number of nitrogens with two attached hydrogens (primary N) is 1. The molecule has 1 aromatic rings. The van der Waals surface area contributed by atoms with Gasteiger partial charge in [-0.25, -0.2) is 13.4 Å². The van der Waals surface area contributed by atoms with E-state index >= 15 is 0 Å². The van der Waals surface area contributed by atoms with Crippen molar-refractivity contribution < 1.29 is 8.42 Å². The van der Waals surface area contributed by atoms with Crippen LogP contribution >= 0.6 is 11.3 Å². The van der Waals surface area contributed by atoms with Crippen LogP contribution in [-0.2, 0) is 21.1 Å². The monoisotopic (exact) mass is 248 g/mol. The molecule has 0 spiro atoms. The van der Waals surface area contributed by atoms with Gasteiger partial charge in [0, 0.05) is 11.6 Å². The minimum Gasteiger partial charge on any atom is -0.320 e. The smallest absolute Gasteiger partial charge is 0.153 e. The van der Waals surface area contributed by atoms with Crippen LogP contribution in [0, 0.1) is 0 Å². The third-order valence-electron chi connectivity index (χ3n) is 2.26. The maximum Gasteiger partial charge on any atom is 0.153 e. The summed E-state index contributed by atoms with van der Waals surface area (Å²) in [4.78, 5) is 4.25. The van der Waals surface area contributed by atoms with Gasteiger partial charge in [-0.05, 0) is 13.3 Å². The van der Waals surface area contributed by atoms with E-state index in [0.29, 0.717) is 5.01 Å². The average Bonchev–Trinajstić information content (AvgIpc) is 2.50. The van der Waals surface area contributed by atoms with Crippen LogP contribution in [0.5, 0.6) is 0 Å². The molecule has 0 saturated carbocycles. The number of nitrogens with zero attached hydrogens (tertiary/aromatic N) is 1. The molecule has 0 aliphatic heterocycles. The molecule has 0 radical (unpaired) electrons. The minimum absolute atomic E-state index is 0.00252. The van der Waals surface area contributed by atoms with Gasteiger partial charge in [0.15, 0.2) is 9.84 Å². The summed E-state index contributed by atoms with van der Waals surface area (Å²) in [5.74, 6) is -0.00252. The normalized spacial score (nSPS) is 16.3. The van der Waals surface area contributed by atoms with E-state index in [2.05, 4.69) is 4.98 Å². The van der Waals surface area contributed by atoms with E-state index in [1.807, 2.05) is 19.2 Å². The number of thiazole rings is 1. The topological polar surface area (TPSA) is 73.1 Å². The van der Waals surface area contributed by atoms with Gasteiger partial charge in [0.2, 0.25) is 0 Å². The van der Waals surface area contributed by atoms with Crippen LogP contribution in [0.3, 0.4) is 0 Å². The van der Waals surface area contributed by atoms with Crippen molar-refractivity contribution in [2.24, 2.45) is 5.73 Å². The quantitative estimate of drug-likeness (QED) is 0.871. The zero-order valence-corrected chi connectivity index (χ0v) is 10.8. The largest absolute Gasteiger partial charge is 0.320 e. The van der Waals surface area contributed by atoms with E-state index in [1.54, 1.807) is 0 Å². The lowest BCUT2D eigenvalue weighted by atomic mass is 9.97. The van der Waals surface area contributed by atoms with E-state index in [1.165, 1.54) is 17.6 Å². The van der Waals surface area contributed by atoms with Crippen LogP contribution in [0.4, 0.5) is 0 Å². The molecule has 1 atom stereocenters. The first-order valence-electron chi connectivity index (χ1n) is 4.66. The van der Waals surface area contributed by atoms with Gasteiger partial charge in [-0.2, -0.15) is 0 Å². The molecule has 15 heavy (non-hydrogen) atoms. The lowest BCUT2D eigenvalue weighted by molar-refractivity contribution is 0.463. The van der Waals surface area contributed by atoms with Crippen LogP contribution in [0.2, 0.25) is 0 Å². The van der Waals surface area contributed by atoms with E-state index in [9.17, 15) is 8.42 Å². The van der Waals surface area contributed by atoms with Gasteiger partial charge in [0.25, 0.3) is 0 Å². The predicted molar refractivity (Wildman–Crippen MR) is 62.5 cm³/mol. The Labute approximate surface area is 94.4 Å². The van der Waals surface area contributed by atoms with E-state index in [-0.39, 0.29) is 5.75 Å². The fraction of sp³-hybridized carbons (Fsp3) is 0.667. The van der Waals surface area contributed by atoms with Gasteiger partial charge in [-0.3, -0.25) is 0 Å². The predicted octanol–water partition coefficient (Wildman–Crippen LogP) is 1.27. The minimum atomic E-state index is -3.01. The second kappa shape index (κ2) is 4.19. The SMILES string of the molecule is CCC(C)(N)c1csc(CS(C)(=O)=O)n1. The van der Waals surface area contributed by atoms with E-state index in [0.717, 1.165) is 12.1 Å². The maximum atomic E-state index is 11.1. The molecular formula is C9H16N2O2S2. The van der Waals surface area contributed by atoms with Crippen LogP contribution in [0.25, 0.3) is 0 Å². The molecule has 1 heterocycles. The summed E-state index contributed by atoms with van der Waals surface area (Å²) in [6.07, 6.45) is 1.98. The number of sulfone groups is 1. The summed E-state index contributed by atoms with van der Waals surface area (Å²) in [5.41, 5.74) is 6.32. The Morgan fingerprint density at radius 3 is 2.67 bits per heavy atom. The van der Waals surface area contributed by atoms with Crippen molar-refractivity contribution in [2.45, 2.75) is 31.6 Å². The molecule has 0 fully saturated rings. The lowest BCUT2D eigenvalue weighted by Gasteiger charge is -2.19. The summed E-state index contributed by atoms with van der Waals surface area (Å²) in [6, 6.07) is 0. The van der Waals surface area contributed by atoms with E-state index in [4.69, 9.17) is 5.73 Å². The first kappa shape index (κ1) is 12.6. The zero-order valence-electron chi connectivity index (χ0n) is 9.15. The lowest BCUT2D eigenvalue weighted by Crippen LogP contribution is -2.32. The molecule has 0 aliphatic rings. The Bertz CT molecular complexity index is 435. The molecule has 2 N–H and O–H groups in total. The third-order valence-corrected chi connectivity index (χ3v) is 4.09. The van der Waals surface area contributed by atoms with Crippen molar-refractivity contribution in [3.63, 3.8) is 0 Å². The summed E-state index contributed by atoms with van der Waals surface area (Å²) in [6.45, 7) is 3.88. The Hall–Kier alpha value is -0.460. The fourth-order valence-electron chi connectivity index (χ4n) is 1.04. The molecule has 86 valence electrons. The van der Waals surface area contributed by atoms with Crippen molar-refractivity contribution >= 4 is 21.2 Å². The van der Waals surface area contributed by atoms with Gasteiger partial charge in [-0.1, -0.05) is 6.92 Å². The highest BCUT2D eigenvalue weighted by Crippen LogP contribution is 2.23. The van der Waals surface area contributed by atoms with Gasteiger partial charge >= 0.3 is 0 Å². The molecule has 1 rings (SSSR count). The molecule has 0 aliphatic carbocycles. The van der Waals surface area contributed by atoms with Crippen LogP contribution in [0.15, 0.2) is 5.38 Å². The Balaban J connectivity index is 2.91. The molecular weight excluding hydrogens is 232 g/mol. The highest BCUT2D eigenvalue weighted by Gasteiger charge is 2.22.